The molecule has 23 heavy (non-hydrogen) atoms. The summed E-state index contributed by atoms with van der Waals surface area (Å²) in [6.07, 6.45) is 1.73. The van der Waals surface area contributed by atoms with E-state index in [1.807, 2.05) is 22.9 Å². The summed E-state index contributed by atoms with van der Waals surface area (Å²) in [5.41, 5.74) is 5.39. The summed E-state index contributed by atoms with van der Waals surface area (Å²) in [4.78, 5) is 0. The minimum atomic E-state index is -0.0714. The lowest BCUT2D eigenvalue weighted by Crippen LogP contribution is -2.09. The molecule has 0 aliphatic heterocycles. The lowest BCUT2D eigenvalue weighted by Gasteiger charge is -2.08. The van der Waals surface area contributed by atoms with Gasteiger partial charge in [0.2, 0.25) is 0 Å². The highest BCUT2D eigenvalue weighted by Crippen LogP contribution is 2.13. The fourth-order valence-corrected chi connectivity index (χ4v) is 2.67. The molecule has 2 aromatic carbocycles. The Morgan fingerprint density at radius 3 is 2.35 bits per heavy atom. The van der Waals surface area contributed by atoms with Crippen LogP contribution >= 0.6 is 0 Å². The highest BCUT2D eigenvalue weighted by molar-refractivity contribution is 5.23. The molecule has 0 spiro atoms. The fourth-order valence-electron chi connectivity index (χ4n) is 2.67. The maximum absolute atomic E-state index is 9.52. The zero-order chi connectivity index (χ0) is 16.1. The van der Waals surface area contributed by atoms with Gasteiger partial charge in [0.15, 0.2) is 0 Å². The molecule has 0 radical (unpaired) electrons. The normalized spacial score (nSPS) is 10.9. The highest BCUT2D eigenvalue weighted by atomic mass is 16.3. The first-order valence-corrected chi connectivity index (χ1v) is 7.88. The number of rotatable bonds is 6. The predicted octanol–water partition coefficient (Wildman–Crippen LogP) is 2.91. The molecule has 0 bridgehead atoms. The molecule has 4 nitrogen and oxygen atoms in total. The minimum Gasteiger partial charge on any atom is -0.390 e. The molecule has 0 fully saturated rings. The lowest BCUT2D eigenvalue weighted by atomic mass is 10.1. The van der Waals surface area contributed by atoms with Crippen molar-refractivity contribution in [1.29, 1.82) is 0 Å². The summed E-state index contributed by atoms with van der Waals surface area (Å²) in [6, 6.07) is 18.8. The third-order valence-electron chi connectivity index (χ3n) is 4.01. The predicted molar refractivity (Wildman–Crippen MR) is 90.1 cm³/mol. The van der Waals surface area contributed by atoms with Gasteiger partial charge in [-0.1, -0.05) is 65.4 Å². The quantitative estimate of drug-likeness (QED) is 0.762. The van der Waals surface area contributed by atoms with E-state index in [1.165, 1.54) is 16.7 Å². The van der Waals surface area contributed by atoms with Crippen LogP contribution in [0.4, 0.5) is 0 Å². The molecule has 4 heteroatoms. The van der Waals surface area contributed by atoms with E-state index >= 15 is 0 Å². The zero-order valence-corrected chi connectivity index (χ0v) is 13.3. The van der Waals surface area contributed by atoms with E-state index in [4.69, 9.17) is 0 Å². The standard InChI is InChI=1S/C19H21N3O/c1-15-7-9-17(10-8-15)13-22-19(18(14-23)20-21-22)12-11-16-5-3-2-4-6-16/h2-10,23H,11-14H2,1H3. The van der Waals surface area contributed by atoms with Crippen LogP contribution in [-0.2, 0) is 26.0 Å². The van der Waals surface area contributed by atoms with Crippen molar-refractivity contribution in [1.82, 2.24) is 15.0 Å². The number of benzene rings is 2. The summed E-state index contributed by atoms with van der Waals surface area (Å²) in [5.74, 6) is 0. The van der Waals surface area contributed by atoms with Gasteiger partial charge in [0, 0.05) is 0 Å². The molecule has 0 unspecified atom stereocenters. The second-order valence-electron chi connectivity index (χ2n) is 5.77. The van der Waals surface area contributed by atoms with E-state index in [0.717, 1.165) is 18.5 Å². The summed E-state index contributed by atoms with van der Waals surface area (Å²) in [7, 11) is 0. The Balaban J connectivity index is 1.78. The van der Waals surface area contributed by atoms with E-state index in [-0.39, 0.29) is 6.61 Å². The van der Waals surface area contributed by atoms with Crippen LogP contribution in [-0.4, -0.2) is 20.1 Å². The van der Waals surface area contributed by atoms with Gasteiger partial charge >= 0.3 is 0 Å². The van der Waals surface area contributed by atoms with Crippen LogP contribution in [0.3, 0.4) is 0 Å². The van der Waals surface area contributed by atoms with Gasteiger partial charge in [-0.25, -0.2) is 4.68 Å². The van der Waals surface area contributed by atoms with Crippen molar-refractivity contribution in [2.45, 2.75) is 32.9 Å². The van der Waals surface area contributed by atoms with E-state index in [2.05, 4.69) is 53.6 Å². The molecule has 118 valence electrons. The Morgan fingerprint density at radius 1 is 0.913 bits per heavy atom. The second-order valence-corrected chi connectivity index (χ2v) is 5.77. The van der Waals surface area contributed by atoms with E-state index in [0.29, 0.717) is 12.2 Å². The number of hydrogen-bond acceptors (Lipinski definition) is 3. The highest BCUT2D eigenvalue weighted by Gasteiger charge is 2.12. The third-order valence-corrected chi connectivity index (χ3v) is 4.01. The van der Waals surface area contributed by atoms with Crippen LogP contribution in [0.15, 0.2) is 54.6 Å². The van der Waals surface area contributed by atoms with Gasteiger partial charge in [-0.3, -0.25) is 0 Å². The maximum atomic E-state index is 9.52. The topological polar surface area (TPSA) is 50.9 Å². The van der Waals surface area contributed by atoms with Gasteiger partial charge in [-0.15, -0.1) is 5.10 Å². The summed E-state index contributed by atoms with van der Waals surface area (Å²) < 4.78 is 1.90. The van der Waals surface area contributed by atoms with Crippen LogP contribution in [0.25, 0.3) is 0 Å². The average Bonchev–Trinajstić information content (AvgIpc) is 2.98. The average molecular weight is 307 g/mol. The Bertz CT molecular complexity index is 748. The van der Waals surface area contributed by atoms with Gasteiger partial charge < -0.3 is 5.11 Å². The molecule has 0 aliphatic rings. The minimum absolute atomic E-state index is 0.0714. The number of aliphatic hydroxyl groups excluding tert-OH is 1. The SMILES string of the molecule is Cc1ccc(Cn2nnc(CO)c2CCc2ccccc2)cc1. The number of aromatic nitrogens is 3. The third kappa shape index (κ3) is 3.85. The van der Waals surface area contributed by atoms with Gasteiger partial charge in [-0.2, -0.15) is 0 Å². The van der Waals surface area contributed by atoms with E-state index in [1.54, 1.807) is 0 Å². The maximum Gasteiger partial charge on any atom is 0.111 e. The number of aryl methyl sites for hydroxylation is 2. The smallest absolute Gasteiger partial charge is 0.111 e. The van der Waals surface area contributed by atoms with Gasteiger partial charge in [0.05, 0.1) is 18.8 Å². The first-order valence-electron chi connectivity index (χ1n) is 7.88. The molecule has 0 amide bonds. The van der Waals surface area contributed by atoms with Crippen LogP contribution in [0.2, 0.25) is 0 Å². The number of aliphatic hydroxyl groups is 1. The van der Waals surface area contributed by atoms with Crippen molar-refractivity contribution in [3.05, 3.63) is 82.7 Å². The van der Waals surface area contributed by atoms with Crippen molar-refractivity contribution in [3.8, 4) is 0 Å². The summed E-state index contributed by atoms with van der Waals surface area (Å²) >= 11 is 0. The molecule has 3 aromatic rings. The molecule has 0 aliphatic carbocycles. The molecular weight excluding hydrogens is 286 g/mol. The summed E-state index contributed by atoms with van der Waals surface area (Å²) in [6.45, 7) is 2.68. The second kappa shape index (κ2) is 7.20. The van der Waals surface area contributed by atoms with Crippen LogP contribution < -0.4 is 0 Å². The molecule has 1 aromatic heterocycles. The first kappa shape index (κ1) is 15.4. The number of nitrogens with zero attached hydrogens (tertiary/aromatic N) is 3. The van der Waals surface area contributed by atoms with Crippen LogP contribution in [0.1, 0.15) is 28.1 Å². The Kier molecular flexibility index (Phi) is 4.83. The lowest BCUT2D eigenvalue weighted by molar-refractivity contribution is 0.275. The van der Waals surface area contributed by atoms with Gasteiger partial charge in [-0.05, 0) is 30.9 Å². The largest absolute Gasteiger partial charge is 0.390 e. The van der Waals surface area contributed by atoms with Gasteiger partial charge in [0.1, 0.15) is 5.69 Å². The zero-order valence-electron chi connectivity index (χ0n) is 13.3. The fraction of sp³-hybridized carbons (Fsp3) is 0.263. The Hall–Kier alpha value is -2.46. The monoisotopic (exact) mass is 307 g/mol. The molecule has 3 rings (SSSR count). The van der Waals surface area contributed by atoms with Crippen molar-refractivity contribution >= 4 is 0 Å². The molecule has 0 atom stereocenters. The molecule has 1 N–H and O–H groups in total. The molecule has 0 saturated heterocycles. The van der Waals surface area contributed by atoms with E-state index < -0.39 is 0 Å². The Morgan fingerprint density at radius 2 is 1.65 bits per heavy atom. The van der Waals surface area contributed by atoms with Crippen molar-refractivity contribution in [3.63, 3.8) is 0 Å². The van der Waals surface area contributed by atoms with Crippen LogP contribution in [0.5, 0.6) is 0 Å². The number of hydrogen-bond donors (Lipinski definition) is 1. The summed E-state index contributed by atoms with van der Waals surface area (Å²) in [5, 5.41) is 17.9. The molecule has 0 saturated carbocycles. The van der Waals surface area contributed by atoms with Crippen molar-refractivity contribution < 1.29 is 5.11 Å². The Labute approximate surface area is 136 Å². The van der Waals surface area contributed by atoms with Crippen LogP contribution in [0, 0.1) is 6.92 Å². The molecular formula is C19H21N3O. The van der Waals surface area contributed by atoms with Crippen molar-refractivity contribution in [2.24, 2.45) is 0 Å². The van der Waals surface area contributed by atoms with Crippen molar-refractivity contribution in [2.75, 3.05) is 0 Å². The molecule has 1 heterocycles. The van der Waals surface area contributed by atoms with E-state index in [9.17, 15) is 5.11 Å². The first-order chi connectivity index (χ1) is 11.3. The van der Waals surface area contributed by atoms with Gasteiger partial charge in [0.25, 0.3) is 0 Å².